The van der Waals surface area contributed by atoms with Gasteiger partial charge in [0.05, 0.1) is 20.9 Å². The van der Waals surface area contributed by atoms with Crippen LogP contribution in [0.15, 0.2) is 24.3 Å². The van der Waals surface area contributed by atoms with Gasteiger partial charge in [0, 0.05) is 17.5 Å². The third-order valence-corrected chi connectivity index (χ3v) is 5.73. The highest BCUT2D eigenvalue weighted by Gasteiger charge is 2.18. The van der Waals surface area contributed by atoms with Crippen LogP contribution in [0.4, 0.5) is 10.2 Å². The van der Waals surface area contributed by atoms with E-state index in [0.717, 1.165) is 31.7 Å². The van der Waals surface area contributed by atoms with Crippen molar-refractivity contribution in [3.05, 3.63) is 51.9 Å². The molecule has 0 unspecified atom stereocenters. The fourth-order valence-electron chi connectivity index (χ4n) is 2.80. The molecule has 2 N–H and O–H groups in total. The highest BCUT2D eigenvalue weighted by molar-refractivity contribution is 7.26. The number of aryl methyl sites for hydroxylation is 2. The van der Waals surface area contributed by atoms with E-state index in [-0.39, 0.29) is 5.82 Å². The summed E-state index contributed by atoms with van der Waals surface area (Å²) in [6, 6.07) is 6.70. The summed E-state index contributed by atoms with van der Waals surface area (Å²) < 4.78 is 14.7. The Labute approximate surface area is 146 Å². The molecule has 4 aromatic rings. The van der Waals surface area contributed by atoms with Crippen LogP contribution in [0.1, 0.15) is 16.8 Å². The normalized spacial score (nSPS) is 11.5. The molecule has 0 spiro atoms. The van der Waals surface area contributed by atoms with Crippen LogP contribution in [0.2, 0.25) is 5.02 Å². The lowest BCUT2D eigenvalue weighted by molar-refractivity contribution is 0.613. The van der Waals surface area contributed by atoms with E-state index in [1.807, 2.05) is 19.9 Å². The van der Waals surface area contributed by atoms with E-state index in [9.17, 15) is 4.39 Å². The molecule has 0 aliphatic rings. The highest BCUT2D eigenvalue weighted by atomic mass is 35.5. The van der Waals surface area contributed by atoms with E-state index >= 15 is 0 Å². The molecule has 3 aromatic heterocycles. The molecule has 0 amide bonds. The summed E-state index contributed by atoms with van der Waals surface area (Å²) in [4.78, 5) is 5.49. The van der Waals surface area contributed by atoms with Crippen LogP contribution in [0, 0.1) is 19.7 Å². The molecular formula is C17H14ClFN4S. The minimum absolute atomic E-state index is 0.229. The lowest BCUT2D eigenvalue weighted by Crippen LogP contribution is -2.01. The van der Waals surface area contributed by atoms with Crippen LogP contribution in [0.25, 0.3) is 20.4 Å². The smallest absolute Gasteiger partial charge is 0.166 e. The number of hydrogen-bond acceptors (Lipinski definition) is 4. The molecule has 0 aliphatic heterocycles. The van der Waals surface area contributed by atoms with Crippen molar-refractivity contribution in [2.24, 2.45) is 0 Å². The molecule has 0 saturated carbocycles. The minimum Gasteiger partial charge on any atom is -0.363 e. The summed E-state index contributed by atoms with van der Waals surface area (Å²) >= 11 is 7.88. The monoisotopic (exact) mass is 360 g/mol. The van der Waals surface area contributed by atoms with Crippen molar-refractivity contribution in [1.82, 2.24) is 15.2 Å². The second-order valence-corrected chi connectivity index (χ2v) is 7.02. The molecular weight excluding hydrogens is 347 g/mol. The number of H-pyrrole nitrogens is 1. The molecule has 122 valence electrons. The SMILES string of the molecule is Cc1nc2sc3c(NCc4ccccc4F)n[nH]c3c2c(C)c1Cl. The van der Waals surface area contributed by atoms with Crippen molar-refractivity contribution in [3.8, 4) is 0 Å². The Morgan fingerprint density at radius 2 is 2.08 bits per heavy atom. The minimum atomic E-state index is -0.229. The molecule has 24 heavy (non-hydrogen) atoms. The molecule has 0 fully saturated rings. The first-order chi connectivity index (χ1) is 11.6. The third-order valence-electron chi connectivity index (χ3n) is 4.08. The molecule has 4 rings (SSSR count). The van der Waals surface area contributed by atoms with E-state index in [2.05, 4.69) is 20.5 Å². The number of nitrogens with zero attached hydrogens (tertiary/aromatic N) is 2. The number of anilines is 1. The van der Waals surface area contributed by atoms with Crippen LogP contribution >= 0.6 is 22.9 Å². The summed E-state index contributed by atoms with van der Waals surface area (Å²) in [5.74, 6) is 0.470. The van der Waals surface area contributed by atoms with Crippen LogP contribution in [0.3, 0.4) is 0 Å². The zero-order valence-electron chi connectivity index (χ0n) is 13.1. The maximum atomic E-state index is 13.8. The standard InChI is InChI=1S/C17H14ClFN4S/c1-8-12-14-15(24-17(12)21-9(2)13(8)18)16(23-22-14)20-7-10-5-3-4-6-11(10)19/h3-6H,7H2,1-2H3,(H2,20,22,23). The van der Waals surface area contributed by atoms with Gasteiger partial charge >= 0.3 is 0 Å². The number of benzene rings is 1. The molecule has 0 atom stereocenters. The van der Waals surface area contributed by atoms with Crippen molar-refractivity contribution >= 4 is 49.2 Å². The number of halogens is 2. The Morgan fingerprint density at radius 3 is 2.88 bits per heavy atom. The predicted octanol–water partition coefficient (Wildman–Crippen LogP) is 5.19. The van der Waals surface area contributed by atoms with E-state index in [1.165, 1.54) is 6.07 Å². The summed E-state index contributed by atoms with van der Waals surface area (Å²) in [5, 5.41) is 12.3. The molecule has 1 aromatic carbocycles. The number of aromatic amines is 1. The van der Waals surface area contributed by atoms with Crippen molar-refractivity contribution in [2.75, 3.05) is 5.32 Å². The summed E-state index contributed by atoms with van der Waals surface area (Å²) in [7, 11) is 0. The zero-order valence-corrected chi connectivity index (χ0v) is 14.6. The van der Waals surface area contributed by atoms with Gasteiger partial charge in [-0.05, 0) is 25.5 Å². The number of nitrogens with one attached hydrogen (secondary N) is 2. The number of fused-ring (bicyclic) bond motifs is 3. The van der Waals surface area contributed by atoms with Crippen LogP contribution in [-0.4, -0.2) is 15.2 Å². The van der Waals surface area contributed by atoms with E-state index in [0.29, 0.717) is 22.9 Å². The Morgan fingerprint density at radius 1 is 1.29 bits per heavy atom. The van der Waals surface area contributed by atoms with Gasteiger partial charge in [0.25, 0.3) is 0 Å². The van der Waals surface area contributed by atoms with E-state index in [1.54, 1.807) is 23.5 Å². The first-order valence-electron chi connectivity index (χ1n) is 7.47. The second-order valence-electron chi connectivity index (χ2n) is 5.64. The summed E-state index contributed by atoms with van der Waals surface area (Å²) in [6.07, 6.45) is 0. The Kier molecular flexibility index (Phi) is 3.66. The second kappa shape index (κ2) is 5.72. The van der Waals surface area contributed by atoms with Crippen LogP contribution < -0.4 is 5.32 Å². The van der Waals surface area contributed by atoms with Crippen LogP contribution in [-0.2, 0) is 6.54 Å². The molecule has 0 saturated heterocycles. The maximum Gasteiger partial charge on any atom is 0.166 e. The van der Waals surface area contributed by atoms with Gasteiger partial charge in [0.2, 0.25) is 0 Å². The van der Waals surface area contributed by atoms with Crippen LogP contribution in [0.5, 0.6) is 0 Å². The maximum absolute atomic E-state index is 13.8. The van der Waals surface area contributed by atoms with Crippen molar-refractivity contribution in [1.29, 1.82) is 0 Å². The molecule has 3 heterocycles. The van der Waals surface area contributed by atoms with Gasteiger partial charge in [-0.2, -0.15) is 5.10 Å². The molecule has 7 heteroatoms. The van der Waals surface area contributed by atoms with Crippen molar-refractivity contribution in [3.63, 3.8) is 0 Å². The first kappa shape index (κ1) is 15.4. The number of hydrogen-bond donors (Lipinski definition) is 2. The van der Waals surface area contributed by atoms with E-state index < -0.39 is 0 Å². The quantitative estimate of drug-likeness (QED) is 0.528. The van der Waals surface area contributed by atoms with Gasteiger partial charge in [0.1, 0.15) is 10.6 Å². The zero-order chi connectivity index (χ0) is 16.8. The number of rotatable bonds is 3. The van der Waals surface area contributed by atoms with Gasteiger partial charge in [-0.25, -0.2) is 9.37 Å². The molecule has 0 radical (unpaired) electrons. The molecule has 0 aliphatic carbocycles. The van der Waals surface area contributed by atoms with Crippen molar-refractivity contribution < 1.29 is 4.39 Å². The van der Waals surface area contributed by atoms with Gasteiger partial charge in [0.15, 0.2) is 5.82 Å². The fourth-order valence-corrected chi connectivity index (χ4v) is 4.14. The average molecular weight is 361 g/mol. The fraction of sp³-hybridized carbons (Fsp3) is 0.176. The summed E-state index contributed by atoms with van der Waals surface area (Å²) in [6.45, 7) is 4.25. The lowest BCUT2D eigenvalue weighted by Gasteiger charge is -2.04. The Balaban J connectivity index is 1.76. The van der Waals surface area contributed by atoms with Gasteiger partial charge < -0.3 is 5.32 Å². The molecule has 0 bridgehead atoms. The molecule has 4 nitrogen and oxygen atoms in total. The van der Waals surface area contributed by atoms with Gasteiger partial charge in [-0.15, -0.1) is 11.3 Å². The topological polar surface area (TPSA) is 53.6 Å². The third kappa shape index (κ3) is 2.34. The van der Waals surface area contributed by atoms with E-state index in [4.69, 9.17) is 11.6 Å². The largest absolute Gasteiger partial charge is 0.363 e. The number of pyridine rings is 1. The highest BCUT2D eigenvalue weighted by Crippen LogP contribution is 2.39. The average Bonchev–Trinajstić information content (AvgIpc) is 3.11. The lowest BCUT2D eigenvalue weighted by atomic mass is 10.1. The predicted molar refractivity (Wildman–Crippen MR) is 97.5 cm³/mol. The number of thiophene rings is 1. The van der Waals surface area contributed by atoms with Crippen molar-refractivity contribution in [2.45, 2.75) is 20.4 Å². The Hall–Kier alpha value is -2.18. The first-order valence-corrected chi connectivity index (χ1v) is 8.66. The summed E-state index contributed by atoms with van der Waals surface area (Å²) in [5.41, 5.74) is 3.33. The van der Waals surface area contributed by atoms with Gasteiger partial charge in [-0.1, -0.05) is 29.8 Å². The Bertz CT molecular complexity index is 1070. The van der Waals surface area contributed by atoms with Gasteiger partial charge in [-0.3, -0.25) is 5.10 Å². The number of aromatic nitrogens is 3.